The van der Waals surface area contributed by atoms with Gasteiger partial charge in [0.1, 0.15) is 12.4 Å². The molecule has 20 heavy (non-hydrogen) atoms. The van der Waals surface area contributed by atoms with Crippen LogP contribution in [-0.2, 0) is 0 Å². The van der Waals surface area contributed by atoms with Crippen LogP contribution in [0.3, 0.4) is 0 Å². The summed E-state index contributed by atoms with van der Waals surface area (Å²) in [6.07, 6.45) is 2.36. The Labute approximate surface area is 122 Å². The fourth-order valence-corrected chi connectivity index (χ4v) is 2.42. The van der Waals surface area contributed by atoms with E-state index in [-0.39, 0.29) is 13.2 Å². The van der Waals surface area contributed by atoms with Gasteiger partial charge in [-0.25, -0.2) is 9.37 Å². The number of ether oxygens (including phenoxy) is 1. The highest BCUT2D eigenvalue weighted by Gasteiger charge is 2.03. The molecule has 3 nitrogen and oxygen atoms in total. The summed E-state index contributed by atoms with van der Waals surface area (Å²) in [7, 11) is 5.14. The van der Waals surface area contributed by atoms with Crippen LogP contribution in [0.15, 0.2) is 42.4 Å². The maximum atomic E-state index is 12.5. The molecule has 0 bridgehead atoms. The van der Waals surface area contributed by atoms with Gasteiger partial charge in [-0.15, -0.1) is 11.3 Å². The number of nitrogens with one attached hydrogen (secondary N) is 1. The molecule has 2 rings (SSSR count). The lowest BCUT2D eigenvalue weighted by Gasteiger charge is -2.08. The molecule has 0 amide bonds. The first-order valence-electron chi connectivity index (χ1n) is 6.10. The van der Waals surface area contributed by atoms with Gasteiger partial charge < -0.3 is 9.96 Å². The fraction of sp³-hybridized carbons (Fsp3) is 0.214. The van der Waals surface area contributed by atoms with Crippen LogP contribution in [0.5, 0.6) is 5.75 Å². The predicted octanol–water partition coefficient (Wildman–Crippen LogP) is 3.02. The highest BCUT2D eigenvalue weighted by molar-refractivity contribution is 7.15. The Balaban J connectivity index is 1.98. The highest BCUT2D eigenvalue weighted by Crippen LogP contribution is 2.27. The van der Waals surface area contributed by atoms with Crippen molar-refractivity contribution in [2.45, 2.75) is 6.92 Å². The summed E-state index contributed by atoms with van der Waals surface area (Å²) in [5, 5.41) is 3.43. The lowest BCUT2D eigenvalue weighted by atomic mass is 10.2. The molecule has 0 aliphatic heterocycles. The van der Waals surface area contributed by atoms with Crippen LogP contribution in [0, 0.1) is 6.92 Å². The van der Waals surface area contributed by atoms with Crippen LogP contribution in [0.4, 0.5) is 4.39 Å². The number of thiazole rings is 1. The molecule has 0 aliphatic carbocycles. The fourth-order valence-electron chi connectivity index (χ4n) is 1.64. The van der Waals surface area contributed by atoms with Crippen LogP contribution in [0.1, 0.15) is 5.01 Å². The van der Waals surface area contributed by atoms with Crippen molar-refractivity contribution in [3.63, 3.8) is 0 Å². The molecule has 1 aromatic heterocycles. The van der Waals surface area contributed by atoms with E-state index in [4.69, 9.17) is 12.7 Å². The number of halogens is 1. The van der Waals surface area contributed by atoms with Crippen LogP contribution in [0.2, 0.25) is 0 Å². The average Bonchev–Trinajstić information content (AvgIpc) is 2.90. The zero-order valence-corrected chi connectivity index (χ0v) is 11.9. The van der Waals surface area contributed by atoms with Gasteiger partial charge in [-0.1, -0.05) is 0 Å². The molecular weight excluding hydrogens is 274 g/mol. The monoisotopic (exact) mass is 288 g/mol. The summed E-state index contributed by atoms with van der Waals surface area (Å²) in [5.41, 5.74) is 1.54. The molecular formula is C14H14BFN2OS. The zero-order chi connectivity index (χ0) is 14.4. The second-order valence-electron chi connectivity index (χ2n) is 4.20. The van der Waals surface area contributed by atoms with Crippen LogP contribution in [0.25, 0.3) is 10.4 Å². The van der Waals surface area contributed by atoms with E-state index in [1.54, 1.807) is 11.3 Å². The molecule has 102 valence electrons. The van der Waals surface area contributed by atoms with E-state index in [2.05, 4.69) is 10.2 Å². The van der Waals surface area contributed by atoms with Crippen molar-refractivity contribution in [3.05, 3.63) is 47.4 Å². The van der Waals surface area contributed by atoms with E-state index in [0.29, 0.717) is 17.7 Å². The summed E-state index contributed by atoms with van der Waals surface area (Å²) in [6, 6.07) is 7.64. The third-order valence-electron chi connectivity index (χ3n) is 2.67. The number of aryl methyl sites for hydroxylation is 1. The summed E-state index contributed by atoms with van der Waals surface area (Å²) in [6.45, 7) is 2.40. The predicted molar refractivity (Wildman–Crippen MR) is 80.7 cm³/mol. The first-order chi connectivity index (χ1) is 9.72. The average molecular weight is 288 g/mol. The van der Waals surface area contributed by atoms with Crippen molar-refractivity contribution in [1.82, 2.24) is 10.2 Å². The third kappa shape index (κ3) is 3.92. The number of nitrogens with zero attached hydrogens (tertiary/aromatic N) is 1. The molecule has 0 fully saturated rings. The summed E-state index contributed by atoms with van der Waals surface area (Å²) >= 11 is 1.64. The molecule has 6 heteroatoms. The van der Waals surface area contributed by atoms with Gasteiger partial charge >= 0.3 is 0 Å². The molecule has 0 spiro atoms. The van der Waals surface area contributed by atoms with Gasteiger partial charge in [-0.05, 0) is 36.8 Å². The molecule has 1 aromatic carbocycles. The molecule has 0 atom stereocenters. The lowest BCUT2D eigenvalue weighted by Crippen LogP contribution is -2.16. The summed E-state index contributed by atoms with van der Waals surface area (Å²) < 4.78 is 18.0. The Morgan fingerprint density at radius 2 is 2.20 bits per heavy atom. The van der Waals surface area contributed by atoms with Crippen molar-refractivity contribution in [2.24, 2.45) is 0 Å². The van der Waals surface area contributed by atoms with E-state index in [9.17, 15) is 4.39 Å². The topological polar surface area (TPSA) is 34.1 Å². The Morgan fingerprint density at radius 1 is 1.45 bits per heavy atom. The van der Waals surface area contributed by atoms with Gasteiger partial charge in [0, 0.05) is 18.3 Å². The molecule has 0 aliphatic rings. The summed E-state index contributed by atoms with van der Waals surface area (Å²) in [5.74, 6) is 0.686. The van der Waals surface area contributed by atoms with Gasteiger partial charge in [0.15, 0.2) is 7.98 Å². The highest BCUT2D eigenvalue weighted by atomic mass is 32.1. The molecule has 1 heterocycles. The van der Waals surface area contributed by atoms with Crippen LogP contribution in [-0.4, -0.2) is 26.1 Å². The first kappa shape index (κ1) is 14.7. The van der Waals surface area contributed by atoms with Crippen molar-refractivity contribution < 1.29 is 9.13 Å². The van der Waals surface area contributed by atoms with Crippen molar-refractivity contribution >= 4 is 19.3 Å². The first-order valence-corrected chi connectivity index (χ1v) is 6.92. The quantitative estimate of drug-likeness (QED) is 0.830. The number of hydrogen-bond donors (Lipinski definition) is 1. The van der Waals surface area contributed by atoms with Gasteiger partial charge in [-0.2, -0.15) is 0 Å². The summed E-state index contributed by atoms with van der Waals surface area (Å²) in [4.78, 5) is 5.34. The van der Waals surface area contributed by atoms with E-state index < -0.39 is 0 Å². The van der Waals surface area contributed by atoms with E-state index in [1.165, 1.54) is 0 Å². The molecule has 2 radical (unpaired) electrons. The normalized spacial score (nSPS) is 11.6. The second kappa shape index (κ2) is 7.21. The number of hydrogen-bond acceptors (Lipinski definition) is 4. The number of benzene rings is 1. The van der Waals surface area contributed by atoms with Crippen LogP contribution < -0.4 is 9.96 Å². The maximum Gasteiger partial charge on any atom is 0.178 e. The molecule has 2 aromatic rings. The number of aromatic nitrogens is 1. The number of rotatable bonds is 6. The third-order valence-corrected chi connectivity index (χ3v) is 3.63. The Morgan fingerprint density at radius 3 is 2.75 bits per heavy atom. The maximum absolute atomic E-state index is 12.5. The minimum atomic E-state index is 0.166. The van der Waals surface area contributed by atoms with E-state index in [1.807, 2.05) is 37.4 Å². The Kier molecular flexibility index (Phi) is 5.32. The van der Waals surface area contributed by atoms with Gasteiger partial charge in [-0.3, -0.25) is 0 Å². The van der Waals surface area contributed by atoms with Gasteiger partial charge in [0.25, 0.3) is 0 Å². The van der Waals surface area contributed by atoms with Gasteiger partial charge in [0.2, 0.25) is 0 Å². The second-order valence-corrected chi connectivity index (χ2v) is 5.44. The van der Waals surface area contributed by atoms with Crippen LogP contribution >= 0.6 is 11.3 Å². The zero-order valence-electron chi connectivity index (χ0n) is 11.1. The molecule has 0 unspecified atom stereocenters. The van der Waals surface area contributed by atoms with Crippen molar-refractivity contribution in [2.75, 3.05) is 13.2 Å². The minimum absolute atomic E-state index is 0.166. The Hall–Kier alpha value is -1.66. The molecule has 0 saturated carbocycles. The van der Waals surface area contributed by atoms with Crippen molar-refractivity contribution in [3.8, 4) is 16.2 Å². The molecule has 1 N–H and O–H groups in total. The SMILES string of the molecule is [B]NC/C(=C\F)COc1ccc(-c2cnc(C)s2)cc1. The van der Waals surface area contributed by atoms with E-state index in [0.717, 1.165) is 15.4 Å². The standard InChI is InChI=1S/C14H14BFN2OS/c1-10-17-8-14(20-10)12-2-4-13(5-3-12)19-9-11(6-16)7-18-15/h2-6,8,18H,7,9H2,1H3/b11-6+. The minimum Gasteiger partial charge on any atom is -0.489 e. The Bertz CT molecular complexity index is 583. The lowest BCUT2D eigenvalue weighted by molar-refractivity contribution is 0.347. The van der Waals surface area contributed by atoms with E-state index >= 15 is 0 Å². The smallest absolute Gasteiger partial charge is 0.178 e. The van der Waals surface area contributed by atoms with Crippen molar-refractivity contribution in [1.29, 1.82) is 0 Å². The molecule has 0 saturated heterocycles. The van der Waals surface area contributed by atoms with Gasteiger partial charge in [0.05, 0.1) is 16.2 Å². The largest absolute Gasteiger partial charge is 0.489 e.